The largest absolute Gasteiger partial charge is 0.356 e. The Bertz CT molecular complexity index is 646. The Balaban J connectivity index is 0.00000288. The molecule has 0 aliphatic rings. The summed E-state index contributed by atoms with van der Waals surface area (Å²) < 4.78 is 0. The third-order valence-corrected chi connectivity index (χ3v) is 3.77. The molecule has 2 rings (SSSR count). The van der Waals surface area contributed by atoms with Gasteiger partial charge in [0, 0.05) is 38.7 Å². The molecule has 7 heteroatoms. The number of nitrogens with one attached hydrogen (secondary N) is 2. The molecule has 0 aliphatic carbocycles. The number of nitrogens with zero attached hydrogens (tertiary/aromatic N) is 3. The minimum Gasteiger partial charge on any atom is -0.356 e. The molecule has 130 valence electrons. The lowest BCUT2D eigenvalue weighted by Crippen LogP contribution is -2.39. The molecule has 5 nitrogen and oxygen atoms in total. The first kappa shape index (κ1) is 20.6. The number of aryl methyl sites for hydroxylation is 1. The van der Waals surface area contributed by atoms with Gasteiger partial charge in [-0.15, -0.1) is 24.0 Å². The fourth-order valence-corrected chi connectivity index (χ4v) is 2.31. The highest BCUT2D eigenvalue weighted by molar-refractivity contribution is 14.0. The summed E-state index contributed by atoms with van der Waals surface area (Å²) in [6.07, 6.45) is 7.33. The first-order chi connectivity index (χ1) is 11.2. The summed E-state index contributed by atoms with van der Waals surface area (Å²) in [7, 11) is 1.77. The van der Waals surface area contributed by atoms with Crippen LogP contribution in [-0.4, -0.2) is 36.1 Å². The van der Waals surface area contributed by atoms with Gasteiger partial charge in [-0.05, 0) is 48.6 Å². The van der Waals surface area contributed by atoms with E-state index in [0.717, 1.165) is 37.5 Å². The van der Waals surface area contributed by atoms with Crippen LogP contribution in [0.5, 0.6) is 0 Å². The van der Waals surface area contributed by atoms with E-state index in [1.54, 1.807) is 19.3 Å². The lowest BCUT2D eigenvalue weighted by molar-refractivity contribution is 0.781. The van der Waals surface area contributed by atoms with Crippen molar-refractivity contribution in [2.45, 2.75) is 19.8 Å². The maximum atomic E-state index is 5.78. The van der Waals surface area contributed by atoms with Gasteiger partial charge in [-0.1, -0.05) is 17.7 Å². The average molecular weight is 460 g/mol. The first-order valence-corrected chi connectivity index (χ1v) is 8.01. The van der Waals surface area contributed by atoms with Gasteiger partial charge in [0.15, 0.2) is 5.96 Å². The smallest absolute Gasteiger partial charge is 0.190 e. The fraction of sp³-hybridized carbons (Fsp3) is 0.353. The summed E-state index contributed by atoms with van der Waals surface area (Å²) in [5, 5.41) is 7.14. The van der Waals surface area contributed by atoms with Crippen molar-refractivity contribution in [1.29, 1.82) is 0 Å². The SMILES string of the molecule is CN=C(NCCc1ccc(Cl)nc1)NCCc1ccncc1C.I. The Hall–Kier alpha value is -1.41. The van der Waals surface area contributed by atoms with E-state index < -0.39 is 0 Å². The third kappa shape index (κ3) is 7.00. The van der Waals surface area contributed by atoms with E-state index in [0.29, 0.717) is 5.15 Å². The molecule has 0 saturated heterocycles. The topological polar surface area (TPSA) is 62.2 Å². The van der Waals surface area contributed by atoms with Crippen LogP contribution in [0.25, 0.3) is 0 Å². The lowest BCUT2D eigenvalue weighted by Gasteiger charge is -2.12. The van der Waals surface area contributed by atoms with Gasteiger partial charge in [0.25, 0.3) is 0 Å². The summed E-state index contributed by atoms with van der Waals surface area (Å²) in [6.45, 7) is 3.69. The van der Waals surface area contributed by atoms with Gasteiger partial charge < -0.3 is 10.6 Å². The Labute approximate surface area is 165 Å². The standard InChI is InChI=1S/C17H22ClN5.HI/c1-13-11-20-8-6-15(13)7-10-22-17(19-2)21-9-5-14-3-4-16(18)23-12-14;/h3-4,6,8,11-12H,5,7,9-10H2,1-2H3,(H2,19,21,22);1H. The summed E-state index contributed by atoms with van der Waals surface area (Å²) in [4.78, 5) is 12.4. The van der Waals surface area contributed by atoms with Gasteiger partial charge in [0.05, 0.1) is 0 Å². The molecule has 2 aromatic rings. The molecule has 0 aliphatic heterocycles. The Morgan fingerprint density at radius 1 is 1.12 bits per heavy atom. The van der Waals surface area contributed by atoms with E-state index in [1.165, 1.54) is 11.1 Å². The molecule has 2 heterocycles. The second-order valence-corrected chi connectivity index (χ2v) is 5.60. The van der Waals surface area contributed by atoms with Crippen molar-refractivity contribution in [2.24, 2.45) is 4.99 Å². The van der Waals surface area contributed by atoms with Gasteiger partial charge in [-0.2, -0.15) is 0 Å². The van der Waals surface area contributed by atoms with E-state index in [1.807, 2.05) is 18.5 Å². The Morgan fingerprint density at radius 3 is 2.50 bits per heavy atom. The molecule has 0 amide bonds. The average Bonchev–Trinajstić information content (AvgIpc) is 2.57. The van der Waals surface area contributed by atoms with Gasteiger partial charge in [0.2, 0.25) is 0 Å². The molecule has 0 atom stereocenters. The number of halogens is 2. The van der Waals surface area contributed by atoms with Crippen molar-refractivity contribution >= 4 is 41.5 Å². The minimum atomic E-state index is 0. The van der Waals surface area contributed by atoms with Crippen LogP contribution >= 0.6 is 35.6 Å². The Kier molecular flexibility index (Phi) is 9.63. The van der Waals surface area contributed by atoms with Crippen LogP contribution in [0.4, 0.5) is 0 Å². The summed E-state index contributed by atoms with van der Waals surface area (Å²) in [6, 6.07) is 5.85. The van der Waals surface area contributed by atoms with E-state index in [4.69, 9.17) is 11.6 Å². The second kappa shape index (κ2) is 11.2. The molecule has 2 N–H and O–H groups in total. The van der Waals surface area contributed by atoms with Crippen molar-refractivity contribution in [1.82, 2.24) is 20.6 Å². The zero-order valence-corrected chi connectivity index (χ0v) is 17.0. The highest BCUT2D eigenvalue weighted by Crippen LogP contribution is 2.06. The van der Waals surface area contributed by atoms with Crippen LogP contribution in [0.2, 0.25) is 5.15 Å². The predicted octanol–water partition coefficient (Wildman–Crippen LogP) is 3.01. The van der Waals surface area contributed by atoms with Crippen LogP contribution in [0.15, 0.2) is 41.8 Å². The monoisotopic (exact) mass is 459 g/mol. The summed E-state index contributed by atoms with van der Waals surface area (Å²) in [5.74, 6) is 0.804. The van der Waals surface area contributed by atoms with Crippen LogP contribution in [0, 0.1) is 6.92 Å². The predicted molar refractivity (Wildman–Crippen MR) is 110 cm³/mol. The first-order valence-electron chi connectivity index (χ1n) is 7.63. The molecular weight excluding hydrogens is 437 g/mol. The lowest BCUT2D eigenvalue weighted by atomic mass is 10.1. The van der Waals surface area contributed by atoms with E-state index in [2.05, 4.69) is 38.6 Å². The number of rotatable bonds is 6. The molecule has 0 saturated carbocycles. The highest BCUT2D eigenvalue weighted by Gasteiger charge is 2.01. The van der Waals surface area contributed by atoms with Crippen molar-refractivity contribution in [3.8, 4) is 0 Å². The molecular formula is C17H23ClIN5. The third-order valence-electron chi connectivity index (χ3n) is 3.54. The number of aromatic nitrogens is 2. The van der Waals surface area contributed by atoms with Crippen molar-refractivity contribution in [2.75, 3.05) is 20.1 Å². The molecule has 0 spiro atoms. The minimum absolute atomic E-state index is 0. The number of aliphatic imine (C=N–C) groups is 1. The van der Waals surface area contributed by atoms with Gasteiger partial charge in [-0.3, -0.25) is 9.98 Å². The summed E-state index contributed by atoms with van der Waals surface area (Å²) >= 11 is 5.78. The van der Waals surface area contributed by atoms with Gasteiger partial charge in [0.1, 0.15) is 5.15 Å². The van der Waals surface area contributed by atoms with Crippen molar-refractivity contribution in [3.63, 3.8) is 0 Å². The molecule has 0 radical (unpaired) electrons. The van der Waals surface area contributed by atoms with Crippen molar-refractivity contribution in [3.05, 3.63) is 58.6 Å². The molecule has 24 heavy (non-hydrogen) atoms. The maximum absolute atomic E-state index is 5.78. The second-order valence-electron chi connectivity index (χ2n) is 5.22. The fourth-order valence-electron chi connectivity index (χ4n) is 2.20. The van der Waals surface area contributed by atoms with Crippen LogP contribution in [0.3, 0.4) is 0 Å². The molecule has 0 aromatic carbocycles. The van der Waals surface area contributed by atoms with Crippen LogP contribution in [-0.2, 0) is 12.8 Å². The summed E-state index contributed by atoms with van der Waals surface area (Å²) in [5.41, 5.74) is 3.66. The highest BCUT2D eigenvalue weighted by atomic mass is 127. The molecule has 0 fully saturated rings. The van der Waals surface area contributed by atoms with E-state index in [9.17, 15) is 0 Å². The Morgan fingerprint density at radius 2 is 1.88 bits per heavy atom. The molecule has 0 unspecified atom stereocenters. The molecule has 0 bridgehead atoms. The van der Waals surface area contributed by atoms with Gasteiger partial charge in [-0.25, -0.2) is 4.98 Å². The van der Waals surface area contributed by atoms with Gasteiger partial charge >= 0.3 is 0 Å². The molecule has 2 aromatic heterocycles. The maximum Gasteiger partial charge on any atom is 0.190 e. The number of pyridine rings is 2. The number of guanidine groups is 1. The van der Waals surface area contributed by atoms with Crippen LogP contribution < -0.4 is 10.6 Å². The zero-order valence-electron chi connectivity index (χ0n) is 13.9. The number of hydrogen-bond donors (Lipinski definition) is 2. The van der Waals surface area contributed by atoms with Crippen LogP contribution in [0.1, 0.15) is 16.7 Å². The van der Waals surface area contributed by atoms with E-state index >= 15 is 0 Å². The zero-order chi connectivity index (χ0) is 16.5. The normalized spacial score (nSPS) is 10.9. The number of hydrogen-bond acceptors (Lipinski definition) is 3. The quantitative estimate of drug-likeness (QED) is 0.302. The van der Waals surface area contributed by atoms with E-state index in [-0.39, 0.29) is 24.0 Å². The van der Waals surface area contributed by atoms with Crippen molar-refractivity contribution < 1.29 is 0 Å².